The Morgan fingerprint density at radius 1 is 1.00 bits per heavy atom. The summed E-state index contributed by atoms with van der Waals surface area (Å²) in [5.74, 6) is 2.02. The van der Waals surface area contributed by atoms with Crippen LogP contribution in [0.1, 0.15) is 11.3 Å². The molecule has 0 saturated carbocycles. The number of anilines is 2. The number of aromatic nitrogens is 2. The molecule has 0 atom stereocenters. The van der Waals surface area contributed by atoms with Gasteiger partial charge in [0.1, 0.15) is 17.9 Å². The summed E-state index contributed by atoms with van der Waals surface area (Å²) in [4.78, 5) is 14.1. The van der Waals surface area contributed by atoms with E-state index in [0.29, 0.717) is 0 Å². The third kappa shape index (κ3) is 3.03. The highest BCUT2D eigenvalue weighted by atomic mass is 16.5. The molecule has 0 bridgehead atoms. The topological polar surface area (TPSA) is 53.5 Å². The molecule has 144 valence electrons. The average molecular weight is 375 g/mol. The predicted octanol–water partition coefficient (Wildman–Crippen LogP) is 2.61. The van der Waals surface area contributed by atoms with Crippen molar-refractivity contribution in [1.82, 2.24) is 15.3 Å². The molecule has 2 aliphatic rings. The number of fused-ring (bicyclic) bond motifs is 2. The van der Waals surface area contributed by atoms with Crippen LogP contribution in [0.25, 0.3) is 10.8 Å². The van der Waals surface area contributed by atoms with Gasteiger partial charge in [-0.25, -0.2) is 9.97 Å². The maximum atomic E-state index is 5.56. The van der Waals surface area contributed by atoms with Gasteiger partial charge < -0.3 is 19.9 Å². The normalized spacial score (nSPS) is 16.9. The zero-order chi connectivity index (χ0) is 18.9. The molecule has 1 saturated heterocycles. The Bertz CT molecular complexity index is 999. The smallest absolute Gasteiger partial charge is 0.135 e. The Balaban J connectivity index is 1.51. The van der Waals surface area contributed by atoms with Gasteiger partial charge in [-0.2, -0.15) is 0 Å². The second-order valence-corrected chi connectivity index (χ2v) is 7.40. The minimum atomic E-state index is 0.800. The van der Waals surface area contributed by atoms with Crippen molar-refractivity contribution in [3.63, 3.8) is 0 Å². The summed E-state index contributed by atoms with van der Waals surface area (Å²) in [5.41, 5.74) is 3.66. The molecule has 1 N–H and O–H groups in total. The van der Waals surface area contributed by atoms with Gasteiger partial charge in [-0.05, 0) is 17.9 Å². The van der Waals surface area contributed by atoms with E-state index in [4.69, 9.17) is 4.74 Å². The van der Waals surface area contributed by atoms with Crippen molar-refractivity contribution in [1.29, 1.82) is 0 Å². The predicted molar refractivity (Wildman–Crippen MR) is 112 cm³/mol. The van der Waals surface area contributed by atoms with Crippen molar-refractivity contribution in [2.45, 2.75) is 13.0 Å². The molecular weight excluding hydrogens is 350 g/mol. The van der Waals surface area contributed by atoms with Gasteiger partial charge in [-0.15, -0.1) is 0 Å². The van der Waals surface area contributed by atoms with Crippen LogP contribution < -0.4 is 19.9 Å². The summed E-state index contributed by atoms with van der Waals surface area (Å²) in [6, 6.07) is 12.7. The molecule has 5 rings (SSSR count). The van der Waals surface area contributed by atoms with Crippen LogP contribution >= 0.6 is 0 Å². The summed E-state index contributed by atoms with van der Waals surface area (Å²) in [6.45, 7) is 5.80. The van der Waals surface area contributed by atoms with E-state index >= 15 is 0 Å². The van der Waals surface area contributed by atoms with Gasteiger partial charge >= 0.3 is 0 Å². The van der Waals surface area contributed by atoms with E-state index < -0.39 is 0 Å². The molecule has 1 fully saturated rings. The van der Waals surface area contributed by atoms with Crippen molar-refractivity contribution < 1.29 is 4.74 Å². The van der Waals surface area contributed by atoms with Gasteiger partial charge in [0.05, 0.1) is 19.3 Å². The van der Waals surface area contributed by atoms with Crippen molar-refractivity contribution in [3.05, 3.63) is 54.0 Å². The SMILES string of the molecule is COc1cc(N2CCc3c(ncnc3N3CCNCC3)C2)c2ccccc2c1. The van der Waals surface area contributed by atoms with Crippen LogP contribution in [0, 0.1) is 0 Å². The maximum absolute atomic E-state index is 5.56. The molecule has 1 aromatic heterocycles. The van der Waals surface area contributed by atoms with E-state index in [9.17, 15) is 0 Å². The molecule has 28 heavy (non-hydrogen) atoms. The number of ether oxygens (including phenoxy) is 1. The molecule has 3 heterocycles. The summed E-state index contributed by atoms with van der Waals surface area (Å²) >= 11 is 0. The summed E-state index contributed by atoms with van der Waals surface area (Å²) in [7, 11) is 1.73. The number of piperazine rings is 1. The lowest BCUT2D eigenvalue weighted by Gasteiger charge is -2.35. The molecule has 0 amide bonds. The third-order valence-corrected chi connectivity index (χ3v) is 5.79. The first-order valence-electron chi connectivity index (χ1n) is 9.93. The Morgan fingerprint density at radius 3 is 2.71 bits per heavy atom. The van der Waals surface area contributed by atoms with Crippen LogP contribution in [0.4, 0.5) is 11.5 Å². The largest absolute Gasteiger partial charge is 0.497 e. The van der Waals surface area contributed by atoms with E-state index in [0.717, 1.165) is 63.0 Å². The molecule has 0 radical (unpaired) electrons. The zero-order valence-electron chi connectivity index (χ0n) is 16.2. The number of nitrogens with zero attached hydrogens (tertiary/aromatic N) is 4. The Kier molecular flexibility index (Phi) is 4.49. The first-order valence-corrected chi connectivity index (χ1v) is 9.93. The Morgan fingerprint density at radius 2 is 1.86 bits per heavy atom. The summed E-state index contributed by atoms with van der Waals surface area (Å²) < 4.78 is 5.56. The number of benzene rings is 2. The van der Waals surface area contributed by atoms with E-state index in [2.05, 4.69) is 61.5 Å². The fraction of sp³-hybridized carbons (Fsp3) is 0.364. The van der Waals surface area contributed by atoms with Crippen molar-refractivity contribution in [2.24, 2.45) is 0 Å². The molecule has 0 aliphatic carbocycles. The highest BCUT2D eigenvalue weighted by Crippen LogP contribution is 2.35. The molecule has 0 spiro atoms. The fourth-order valence-electron chi connectivity index (χ4n) is 4.33. The Hall–Kier alpha value is -2.86. The molecule has 0 unspecified atom stereocenters. The van der Waals surface area contributed by atoms with Gasteiger partial charge in [0, 0.05) is 55.4 Å². The van der Waals surface area contributed by atoms with Gasteiger partial charge in [0.2, 0.25) is 0 Å². The molecular formula is C22H25N5O. The van der Waals surface area contributed by atoms with Crippen LogP contribution in [-0.2, 0) is 13.0 Å². The highest BCUT2D eigenvalue weighted by Gasteiger charge is 2.25. The molecule has 3 aromatic rings. The second-order valence-electron chi connectivity index (χ2n) is 7.40. The van der Waals surface area contributed by atoms with Gasteiger partial charge in [-0.1, -0.05) is 24.3 Å². The summed E-state index contributed by atoms with van der Waals surface area (Å²) in [6.07, 6.45) is 2.68. The van der Waals surface area contributed by atoms with E-state index in [1.807, 2.05) is 0 Å². The summed E-state index contributed by atoms with van der Waals surface area (Å²) in [5, 5.41) is 5.87. The van der Waals surface area contributed by atoms with E-state index in [-0.39, 0.29) is 0 Å². The lowest BCUT2D eigenvalue weighted by Crippen LogP contribution is -2.45. The van der Waals surface area contributed by atoms with Crippen LogP contribution in [0.5, 0.6) is 5.75 Å². The van der Waals surface area contributed by atoms with Crippen molar-refractivity contribution in [2.75, 3.05) is 49.6 Å². The number of methoxy groups -OCH3 is 1. The minimum absolute atomic E-state index is 0.800. The standard InChI is InChI=1S/C22H25N5O/c1-28-17-12-16-4-2-3-5-18(16)21(13-17)27-9-6-19-20(14-27)24-15-25-22(19)26-10-7-23-8-11-26/h2-5,12-13,15,23H,6-11,14H2,1H3. The van der Waals surface area contributed by atoms with Crippen molar-refractivity contribution in [3.8, 4) is 5.75 Å². The van der Waals surface area contributed by atoms with Gasteiger partial charge in [0.25, 0.3) is 0 Å². The number of nitrogens with one attached hydrogen (secondary N) is 1. The van der Waals surface area contributed by atoms with Gasteiger partial charge in [0.15, 0.2) is 0 Å². The average Bonchev–Trinajstić information content (AvgIpc) is 2.78. The lowest BCUT2D eigenvalue weighted by molar-refractivity contribution is 0.415. The molecule has 2 aromatic carbocycles. The fourth-order valence-corrected chi connectivity index (χ4v) is 4.33. The first kappa shape index (κ1) is 17.3. The van der Waals surface area contributed by atoms with E-state index in [1.165, 1.54) is 22.0 Å². The van der Waals surface area contributed by atoms with Crippen LogP contribution in [0.3, 0.4) is 0 Å². The number of hydrogen-bond donors (Lipinski definition) is 1. The minimum Gasteiger partial charge on any atom is -0.497 e. The number of rotatable bonds is 3. The second kappa shape index (κ2) is 7.28. The molecule has 6 heteroatoms. The zero-order valence-corrected chi connectivity index (χ0v) is 16.2. The Labute approximate surface area is 165 Å². The molecule has 2 aliphatic heterocycles. The first-order chi connectivity index (χ1) is 13.8. The number of hydrogen-bond acceptors (Lipinski definition) is 6. The van der Waals surface area contributed by atoms with Crippen LogP contribution in [0.15, 0.2) is 42.7 Å². The lowest BCUT2D eigenvalue weighted by atomic mass is 10.0. The van der Waals surface area contributed by atoms with Gasteiger partial charge in [-0.3, -0.25) is 0 Å². The van der Waals surface area contributed by atoms with Crippen LogP contribution in [0.2, 0.25) is 0 Å². The van der Waals surface area contributed by atoms with Crippen molar-refractivity contribution >= 4 is 22.3 Å². The van der Waals surface area contributed by atoms with Crippen LogP contribution in [-0.4, -0.2) is 49.8 Å². The quantitative estimate of drug-likeness (QED) is 0.760. The van der Waals surface area contributed by atoms with E-state index in [1.54, 1.807) is 13.4 Å². The monoisotopic (exact) mass is 375 g/mol. The maximum Gasteiger partial charge on any atom is 0.135 e. The molecule has 6 nitrogen and oxygen atoms in total. The third-order valence-electron chi connectivity index (χ3n) is 5.79. The highest BCUT2D eigenvalue weighted by molar-refractivity contribution is 5.95.